The molecule has 0 spiro atoms. The summed E-state index contributed by atoms with van der Waals surface area (Å²) in [5.74, 6) is -0.548. The summed E-state index contributed by atoms with van der Waals surface area (Å²) < 4.78 is 14.8. The molecule has 0 saturated heterocycles. The van der Waals surface area contributed by atoms with Gasteiger partial charge in [0.2, 0.25) is 5.95 Å². The largest absolute Gasteiger partial charge is 0.342 e. The quantitative estimate of drug-likeness (QED) is 0.662. The van der Waals surface area contributed by atoms with E-state index in [1.54, 1.807) is 35.8 Å². The number of benzene rings is 1. The molecular formula is C19H20FN5O. The fourth-order valence-electron chi connectivity index (χ4n) is 2.69. The van der Waals surface area contributed by atoms with Crippen molar-refractivity contribution in [1.29, 1.82) is 0 Å². The van der Waals surface area contributed by atoms with Crippen LogP contribution in [-0.4, -0.2) is 44.4 Å². The highest BCUT2D eigenvalue weighted by Crippen LogP contribution is 2.20. The topological polar surface area (TPSA) is 63.9 Å². The summed E-state index contributed by atoms with van der Waals surface area (Å²) in [6.45, 7) is 4.72. The van der Waals surface area contributed by atoms with Gasteiger partial charge in [0.1, 0.15) is 5.69 Å². The molecule has 0 saturated carbocycles. The second kappa shape index (κ2) is 7.43. The van der Waals surface area contributed by atoms with E-state index in [0.717, 1.165) is 11.1 Å². The van der Waals surface area contributed by atoms with Crippen molar-refractivity contribution in [1.82, 2.24) is 24.9 Å². The number of aromatic nitrogens is 4. The van der Waals surface area contributed by atoms with Gasteiger partial charge >= 0.3 is 0 Å². The summed E-state index contributed by atoms with van der Waals surface area (Å²) >= 11 is 0. The highest BCUT2D eigenvalue weighted by atomic mass is 19.1. The molecule has 3 aromatic rings. The predicted molar refractivity (Wildman–Crippen MR) is 96.1 cm³/mol. The number of pyridine rings is 1. The molecule has 6 nitrogen and oxygen atoms in total. The lowest BCUT2D eigenvalue weighted by atomic mass is 10.1. The van der Waals surface area contributed by atoms with E-state index in [-0.39, 0.29) is 5.91 Å². The molecule has 0 unspecified atom stereocenters. The first kappa shape index (κ1) is 17.7. The van der Waals surface area contributed by atoms with Crippen LogP contribution in [0.25, 0.3) is 11.3 Å². The summed E-state index contributed by atoms with van der Waals surface area (Å²) in [5.41, 5.74) is 3.41. The average molecular weight is 353 g/mol. The second-order valence-electron chi connectivity index (χ2n) is 6.04. The normalized spacial score (nSPS) is 10.8. The Morgan fingerprint density at radius 1 is 1.23 bits per heavy atom. The van der Waals surface area contributed by atoms with E-state index in [1.807, 2.05) is 31.2 Å². The molecule has 0 aliphatic carbocycles. The minimum absolute atomic E-state index is 0.0259. The van der Waals surface area contributed by atoms with Gasteiger partial charge in [-0.2, -0.15) is 4.39 Å². The fraction of sp³-hybridized carbons (Fsp3) is 0.263. The highest BCUT2D eigenvalue weighted by Gasteiger charge is 2.15. The molecule has 7 heteroatoms. The third-order valence-electron chi connectivity index (χ3n) is 4.27. The van der Waals surface area contributed by atoms with Gasteiger partial charge in [-0.3, -0.25) is 4.79 Å². The standard InChI is InChI=1S/C19H20FN5O/c1-4-24(3)19(26)16-8-6-5-7-14(16)11-25-12-17(22-23-25)15-9-10-18(20)21-13(15)2/h5-10,12H,4,11H2,1-3H3. The van der Waals surface area contributed by atoms with Crippen molar-refractivity contribution in [3.63, 3.8) is 0 Å². The van der Waals surface area contributed by atoms with E-state index in [0.29, 0.717) is 30.0 Å². The molecule has 26 heavy (non-hydrogen) atoms. The van der Waals surface area contributed by atoms with Crippen LogP contribution in [0.2, 0.25) is 0 Å². The highest BCUT2D eigenvalue weighted by molar-refractivity contribution is 5.95. The van der Waals surface area contributed by atoms with Crippen LogP contribution in [0.4, 0.5) is 4.39 Å². The van der Waals surface area contributed by atoms with Gasteiger partial charge in [0.25, 0.3) is 5.91 Å². The van der Waals surface area contributed by atoms with Crippen molar-refractivity contribution in [2.24, 2.45) is 0 Å². The number of rotatable bonds is 5. The van der Waals surface area contributed by atoms with Gasteiger partial charge in [0.15, 0.2) is 0 Å². The fourth-order valence-corrected chi connectivity index (χ4v) is 2.69. The van der Waals surface area contributed by atoms with Crippen molar-refractivity contribution in [2.45, 2.75) is 20.4 Å². The summed E-state index contributed by atoms with van der Waals surface area (Å²) in [7, 11) is 1.77. The summed E-state index contributed by atoms with van der Waals surface area (Å²) in [4.78, 5) is 18.0. The molecule has 0 atom stereocenters. The monoisotopic (exact) mass is 353 g/mol. The minimum atomic E-state index is -0.522. The Labute approximate surface area is 151 Å². The summed E-state index contributed by atoms with van der Waals surface area (Å²) in [6.07, 6.45) is 1.77. The van der Waals surface area contributed by atoms with E-state index in [1.165, 1.54) is 6.07 Å². The van der Waals surface area contributed by atoms with Crippen LogP contribution in [0.15, 0.2) is 42.6 Å². The van der Waals surface area contributed by atoms with E-state index in [4.69, 9.17) is 0 Å². The first-order chi connectivity index (χ1) is 12.5. The lowest BCUT2D eigenvalue weighted by Crippen LogP contribution is -2.27. The molecule has 0 aliphatic heterocycles. The zero-order valence-electron chi connectivity index (χ0n) is 15.0. The Kier molecular flexibility index (Phi) is 5.06. The van der Waals surface area contributed by atoms with Gasteiger partial charge in [-0.1, -0.05) is 23.4 Å². The molecule has 0 fully saturated rings. The van der Waals surface area contributed by atoms with Gasteiger partial charge in [-0.25, -0.2) is 9.67 Å². The SMILES string of the molecule is CCN(C)C(=O)c1ccccc1Cn1cc(-c2ccc(F)nc2C)nn1. The second-order valence-corrected chi connectivity index (χ2v) is 6.04. The van der Waals surface area contributed by atoms with Gasteiger partial charge in [0.05, 0.1) is 18.4 Å². The number of carbonyl (C=O) groups excluding carboxylic acids is 1. The predicted octanol–water partition coefficient (Wildman–Crippen LogP) is 2.93. The number of carbonyl (C=O) groups is 1. The molecule has 0 N–H and O–H groups in total. The van der Waals surface area contributed by atoms with Crippen LogP contribution >= 0.6 is 0 Å². The molecule has 2 aromatic heterocycles. The molecule has 1 aromatic carbocycles. The van der Waals surface area contributed by atoms with Crippen molar-refractivity contribution >= 4 is 5.91 Å². The van der Waals surface area contributed by atoms with E-state index in [2.05, 4.69) is 15.3 Å². The molecule has 134 valence electrons. The van der Waals surface area contributed by atoms with Crippen molar-refractivity contribution in [2.75, 3.05) is 13.6 Å². The molecule has 0 bridgehead atoms. The maximum Gasteiger partial charge on any atom is 0.253 e. The Morgan fingerprint density at radius 2 is 2.00 bits per heavy atom. The number of hydrogen-bond acceptors (Lipinski definition) is 4. The van der Waals surface area contributed by atoms with Crippen molar-refractivity contribution in [3.8, 4) is 11.3 Å². The zero-order valence-corrected chi connectivity index (χ0v) is 15.0. The average Bonchev–Trinajstić information content (AvgIpc) is 3.09. The lowest BCUT2D eigenvalue weighted by Gasteiger charge is -2.16. The van der Waals surface area contributed by atoms with Crippen molar-refractivity contribution in [3.05, 3.63) is 65.4 Å². The van der Waals surface area contributed by atoms with E-state index >= 15 is 0 Å². The van der Waals surface area contributed by atoms with Crippen LogP contribution in [0.1, 0.15) is 28.5 Å². The third-order valence-corrected chi connectivity index (χ3v) is 4.27. The molecular weight excluding hydrogens is 333 g/mol. The first-order valence-electron chi connectivity index (χ1n) is 8.36. The van der Waals surface area contributed by atoms with Crippen LogP contribution in [0, 0.1) is 12.9 Å². The number of halogens is 1. The molecule has 1 amide bonds. The summed E-state index contributed by atoms with van der Waals surface area (Å²) in [6, 6.07) is 10.4. The van der Waals surface area contributed by atoms with Crippen LogP contribution in [0.3, 0.4) is 0 Å². The number of hydrogen-bond donors (Lipinski definition) is 0. The summed E-state index contributed by atoms with van der Waals surface area (Å²) in [5, 5.41) is 8.29. The van der Waals surface area contributed by atoms with Gasteiger partial charge < -0.3 is 4.90 Å². The third kappa shape index (κ3) is 3.61. The number of aryl methyl sites for hydroxylation is 1. The first-order valence-corrected chi connectivity index (χ1v) is 8.36. The van der Waals surface area contributed by atoms with E-state index < -0.39 is 5.95 Å². The van der Waals surface area contributed by atoms with Crippen molar-refractivity contribution < 1.29 is 9.18 Å². The van der Waals surface area contributed by atoms with Crippen LogP contribution < -0.4 is 0 Å². The van der Waals surface area contributed by atoms with Gasteiger partial charge in [0, 0.05) is 24.7 Å². The molecule has 0 aliphatic rings. The maximum absolute atomic E-state index is 13.2. The molecule has 0 radical (unpaired) electrons. The van der Waals surface area contributed by atoms with Crippen LogP contribution in [0.5, 0.6) is 0 Å². The van der Waals surface area contributed by atoms with E-state index in [9.17, 15) is 9.18 Å². The van der Waals surface area contributed by atoms with Crippen LogP contribution in [-0.2, 0) is 6.54 Å². The Morgan fingerprint density at radius 3 is 2.73 bits per heavy atom. The smallest absolute Gasteiger partial charge is 0.253 e. The Balaban J connectivity index is 1.87. The molecule has 3 rings (SSSR count). The Bertz CT molecular complexity index is 937. The van der Waals surface area contributed by atoms with Gasteiger partial charge in [-0.15, -0.1) is 5.10 Å². The number of amides is 1. The van der Waals surface area contributed by atoms with Gasteiger partial charge in [-0.05, 0) is 37.6 Å². The minimum Gasteiger partial charge on any atom is -0.342 e. The molecule has 2 heterocycles. The lowest BCUT2D eigenvalue weighted by molar-refractivity contribution is 0.0801. The maximum atomic E-state index is 13.2. The number of nitrogens with zero attached hydrogens (tertiary/aromatic N) is 5. The Hall–Kier alpha value is -3.09. The zero-order chi connectivity index (χ0) is 18.7.